The Labute approximate surface area is 152 Å². The van der Waals surface area contributed by atoms with Crippen LogP contribution in [0.3, 0.4) is 0 Å². The summed E-state index contributed by atoms with van der Waals surface area (Å²) >= 11 is 0. The Hall–Kier alpha value is -2.95. The first-order chi connectivity index (χ1) is 12.6. The third kappa shape index (κ3) is 2.79. The first kappa shape index (κ1) is 16.5. The van der Waals surface area contributed by atoms with Crippen LogP contribution in [0, 0.1) is 5.41 Å². The molecule has 3 aromatic rings. The number of para-hydroxylation sites is 1. The van der Waals surface area contributed by atoms with Crippen LogP contribution in [0.25, 0.3) is 22.2 Å². The van der Waals surface area contributed by atoms with E-state index in [2.05, 4.69) is 17.0 Å². The molecule has 0 aliphatic carbocycles. The maximum atomic E-state index is 12.1. The standard InChI is InChI=1S/C21H21N3O2/c1-21(19(25)26-2)12-13-24(14-21)20-22-17-11-7-6-10-16(17)18(23-20)15-8-4-3-5-9-15/h3-11H,12-14H2,1-2H3. The van der Waals surface area contributed by atoms with Crippen LogP contribution in [0.4, 0.5) is 5.95 Å². The quantitative estimate of drug-likeness (QED) is 0.677. The van der Waals surface area contributed by atoms with Gasteiger partial charge >= 0.3 is 5.97 Å². The van der Waals surface area contributed by atoms with Gasteiger partial charge in [0.2, 0.25) is 5.95 Å². The van der Waals surface area contributed by atoms with Gasteiger partial charge in [-0.25, -0.2) is 9.97 Å². The number of carbonyl (C=O) groups excluding carboxylic acids is 1. The minimum absolute atomic E-state index is 0.177. The number of ether oxygens (including phenoxy) is 1. The predicted octanol–water partition coefficient (Wildman–Crippen LogP) is 3.69. The summed E-state index contributed by atoms with van der Waals surface area (Å²) < 4.78 is 4.98. The largest absolute Gasteiger partial charge is 0.469 e. The monoisotopic (exact) mass is 347 g/mol. The summed E-state index contributed by atoms with van der Waals surface area (Å²) in [5.74, 6) is 0.485. The van der Waals surface area contributed by atoms with Crippen molar-refractivity contribution < 1.29 is 9.53 Å². The molecule has 0 amide bonds. The van der Waals surface area contributed by atoms with E-state index in [4.69, 9.17) is 14.7 Å². The first-order valence-corrected chi connectivity index (χ1v) is 8.76. The molecule has 1 aliphatic heterocycles. The number of anilines is 1. The maximum Gasteiger partial charge on any atom is 0.313 e. The summed E-state index contributed by atoms with van der Waals surface area (Å²) in [6.45, 7) is 3.24. The molecule has 4 rings (SSSR count). The molecule has 0 radical (unpaired) electrons. The molecule has 0 N–H and O–H groups in total. The van der Waals surface area contributed by atoms with E-state index in [9.17, 15) is 4.79 Å². The van der Waals surface area contributed by atoms with Crippen LogP contribution in [-0.4, -0.2) is 36.1 Å². The minimum Gasteiger partial charge on any atom is -0.469 e. The summed E-state index contributed by atoms with van der Waals surface area (Å²) in [5, 5.41) is 1.03. The van der Waals surface area contributed by atoms with Crippen molar-refractivity contribution in [3.63, 3.8) is 0 Å². The summed E-state index contributed by atoms with van der Waals surface area (Å²) in [4.78, 5) is 23.8. The van der Waals surface area contributed by atoms with Crippen molar-refractivity contribution in [3.8, 4) is 11.3 Å². The SMILES string of the molecule is COC(=O)C1(C)CCN(c2nc(-c3ccccc3)c3ccccc3n2)C1. The molecule has 0 saturated carbocycles. The third-order valence-corrected chi connectivity index (χ3v) is 5.07. The van der Waals surface area contributed by atoms with Gasteiger partial charge in [0.1, 0.15) is 0 Å². The predicted molar refractivity (Wildman–Crippen MR) is 102 cm³/mol. The second-order valence-corrected chi connectivity index (χ2v) is 6.98. The second-order valence-electron chi connectivity index (χ2n) is 6.98. The molecular formula is C21H21N3O2. The highest BCUT2D eigenvalue weighted by Gasteiger charge is 2.42. The van der Waals surface area contributed by atoms with E-state index in [1.807, 2.05) is 49.4 Å². The van der Waals surface area contributed by atoms with Gasteiger partial charge in [-0.2, -0.15) is 0 Å². The summed E-state index contributed by atoms with van der Waals surface area (Å²) in [6, 6.07) is 18.2. The van der Waals surface area contributed by atoms with E-state index in [0.29, 0.717) is 12.5 Å². The fourth-order valence-electron chi connectivity index (χ4n) is 3.57. The van der Waals surface area contributed by atoms with Crippen molar-refractivity contribution >= 4 is 22.8 Å². The van der Waals surface area contributed by atoms with Crippen LogP contribution < -0.4 is 4.90 Å². The van der Waals surface area contributed by atoms with Crippen molar-refractivity contribution in [1.82, 2.24) is 9.97 Å². The van der Waals surface area contributed by atoms with Crippen LogP contribution in [0.5, 0.6) is 0 Å². The Bertz CT molecular complexity index is 958. The molecule has 2 aromatic carbocycles. The average Bonchev–Trinajstić information content (AvgIpc) is 3.10. The zero-order valence-corrected chi connectivity index (χ0v) is 15.0. The number of methoxy groups -OCH3 is 1. The van der Waals surface area contributed by atoms with Gasteiger partial charge in [-0.15, -0.1) is 0 Å². The van der Waals surface area contributed by atoms with Gasteiger partial charge in [-0.05, 0) is 19.4 Å². The molecular weight excluding hydrogens is 326 g/mol. The van der Waals surface area contributed by atoms with Crippen LogP contribution in [0.15, 0.2) is 54.6 Å². The third-order valence-electron chi connectivity index (χ3n) is 5.07. The molecule has 5 nitrogen and oxygen atoms in total. The van der Waals surface area contributed by atoms with Gasteiger partial charge in [0.15, 0.2) is 0 Å². The molecule has 2 heterocycles. The molecule has 26 heavy (non-hydrogen) atoms. The molecule has 0 spiro atoms. The summed E-state index contributed by atoms with van der Waals surface area (Å²) in [6.07, 6.45) is 0.733. The molecule has 1 saturated heterocycles. The number of hydrogen-bond donors (Lipinski definition) is 0. The number of aromatic nitrogens is 2. The lowest BCUT2D eigenvalue weighted by Gasteiger charge is -2.22. The van der Waals surface area contributed by atoms with Crippen LogP contribution in [0.1, 0.15) is 13.3 Å². The van der Waals surface area contributed by atoms with Crippen LogP contribution in [0.2, 0.25) is 0 Å². The van der Waals surface area contributed by atoms with Crippen LogP contribution >= 0.6 is 0 Å². The highest BCUT2D eigenvalue weighted by molar-refractivity contribution is 5.93. The Morgan fingerprint density at radius 2 is 1.81 bits per heavy atom. The number of fused-ring (bicyclic) bond motifs is 1. The number of nitrogens with zero attached hydrogens (tertiary/aromatic N) is 3. The highest BCUT2D eigenvalue weighted by atomic mass is 16.5. The number of esters is 1. The number of carbonyl (C=O) groups is 1. The lowest BCUT2D eigenvalue weighted by Crippen LogP contribution is -2.33. The van der Waals surface area contributed by atoms with Gasteiger partial charge in [0.25, 0.3) is 0 Å². The van der Waals surface area contributed by atoms with Gasteiger partial charge in [-0.3, -0.25) is 4.79 Å². The molecule has 0 bridgehead atoms. The van der Waals surface area contributed by atoms with Crippen molar-refractivity contribution in [2.45, 2.75) is 13.3 Å². The molecule has 1 aromatic heterocycles. The Morgan fingerprint density at radius 3 is 2.58 bits per heavy atom. The number of hydrogen-bond acceptors (Lipinski definition) is 5. The highest BCUT2D eigenvalue weighted by Crippen LogP contribution is 2.35. The zero-order chi connectivity index (χ0) is 18.1. The molecule has 5 heteroatoms. The lowest BCUT2D eigenvalue weighted by molar-refractivity contribution is -0.150. The fourth-order valence-corrected chi connectivity index (χ4v) is 3.57. The molecule has 132 valence electrons. The van der Waals surface area contributed by atoms with Crippen molar-refractivity contribution in [3.05, 3.63) is 54.6 Å². The summed E-state index contributed by atoms with van der Waals surface area (Å²) in [7, 11) is 1.44. The Morgan fingerprint density at radius 1 is 1.08 bits per heavy atom. The molecule has 1 unspecified atom stereocenters. The van der Waals surface area contributed by atoms with Gasteiger partial charge in [-0.1, -0.05) is 48.5 Å². The van der Waals surface area contributed by atoms with Crippen molar-refractivity contribution in [2.75, 3.05) is 25.1 Å². The lowest BCUT2D eigenvalue weighted by atomic mass is 9.90. The molecule has 1 aliphatic rings. The van der Waals surface area contributed by atoms with E-state index < -0.39 is 5.41 Å². The van der Waals surface area contributed by atoms with E-state index in [1.165, 1.54) is 7.11 Å². The second kappa shape index (κ2) is 6.41. The van der Waals surface area contributed by atoms with Crippen LogP contribution in [-0.2, 0) is 9.53 Å². The zero-order valence-electron chi connectivity index (χ0n) is 15.0. The van der Waals surface area contributed by atoms with Gasteiger partial charge in [0, 0.05) is 24.0 Å². The average molecular weight is 347 g/mol. The van der Waals surface area contributed by atoms with Crippen molar-refractivity contribution in [2.24, 2.45) is 5.41 Å². The van der Waals surface area contributed by atoms with Gasteiger partial charge < -0.3 is 9.64 Å². The fraction of sp³-hybridized carbons (Fsp3) is 0.286. The Kier molecular flexibility index (Phi) is 4.07. The topological polar surface area (TPSA) is 55.3 Å². The number of rotatable bonds is 3. The van der Waals surface area contributed by atoms with E-state index in [1.54, 1.807) is 0 Å². The maximum absolute atomic E-state index is 12.1. The van der Waals surface area contributed by atoms with E-state index in [-0.39, 0.29) is 5.97 Å². The molecule has 1 atom stereocenters. The number of benzene rings is 2. The molecule has 1 fully saturated rings. The van der Waals surface area contributed by atoms with E-state index in [0.717, 1.165) is 35.1 Å². The van der Waals surface area contributed by atoms with Gasteiger partial charge in [0.05, 0.1) is 23.7 Å². The normalized spacial score (nSPS) is 19.7. The van der Waals surface area contributed by atoms with Crippen molar-refractivity contribution in [1.29, 1.82) is 0 Å². The first-order valence-electron chi connectivity index (χ1n) is 8.76. The minimum atomic E-state index is -0.517. The summed E-state index contributed by atoms with van der Waals surface area (Å²) in [5.41, 5.74) is 2.36. The smallest absolute Gasteiger partial charge is 0.313 e. The van der Waals surface area contributed by atoms with E-state index >= 15 is 0 Å². The Balaban J connectivity index is 1.79.